The van der Waals surface area contributed by atoms with E-state index in [2.05, 4.69) is 27.8 Å². The highest BCUT2D eigenvalue weighted by atomic mass is 19.1. The van der Waals surface area contributed by atoms with Crippen molar-refractivity contribution in [3.8, 4) is 0 Å². The lowest BCUT2D eigenvalue weighted by atomic mass is 9.89. The van der Waals surface area contributed by atoms with Gasteiger partial charge in [-0.2, -0.15) is 0 Å². The largest absolute Gasteiger partial charge is 0.338 e. The summed E-state index contributed by atoms with van der Waals surface area (Å²) in [5.41, 5.74) is 3.46. The number of aromatic nitrogens is 1. The highest BCUT2D eigenvalue weighted by molar-refractivity contribution is 5.89. The number of pyridine rings is 1. The number of fused-ring (bicyclic) bond motifs is 1. The molecule has 1 aromatic heterocycles. The number of hydrogen-bond donors (Lipinski definition) is 2. The van der Waals surface area contributed by atoms with Crippen molar-refractivity contribution in [2.24, 2.45) is 5.92 Å². The molecule has 180 valence electrons. The van der Waals surface area contributed by atoms with Gasteiger partial charge in [-0.15, -0.1) is 0 Å². The Labute approximate surface area is 199 Å². The van der Waals surface area contributed by atoms with Crippen molar-refractivity contribution in [1.82, 2.24) is 20.1 Å². The van der Waals surface area contributed by atoms with Gasteiger partial charge in [-0.25, -0.2) is 14.0 Å². The van der Waals surface area contributed by atoms with Gasteiger partial charge in [0.25, 0.3) is 0 Å². The molecule has 1 saturated heterocycles. The number of urea groups is 2. The van der Waals surface area contributed by atoms with Crippen LogP contribution in [0.15, 0.2) is 36.5 Å². The molecule has 0 bridgehead atoms. The first-order valence-electron chi connectivity index (χ1n) is 12.4. The van der Waals surface area contributed by atoms with Crippen molar-refractivity contribution < 1.29 is 14.0 Å². The Bertz CT molecular complexity index is 1030. The minimum Gasteiger partial charge on any atom is -0.338 e. The van der Waals surface area contributed by atoms with Crippen molar-refractivity contribution in [1.29, 1.82) is 0 Å². The quantitative estimate of drug-likeness (QED) is 0.678. The SMILES string of the molecule is O=C(NCC1CCCC1)N1CCC(c2ccc(NC(=O)N3Cc4cc(F)cnc4C3)cc2)CC1. The molecule has 34 heavy (non-hydrogen) atoms. The zero-order valence-electron chi connectivity index (χ0n) is 19.4. The zero-order valence-corrected chi connectivity index (χ0v) is 19.4. The van der Waals surface area contributed by atoms with Gasteiger partial charge in [-0.05, 0) is 66.8 Å². The third-order valence-electron chi connectivity index (χ3n) is 7.45. The van der Waals surface area contributed by atoms with E-state index < -0.39 is 0 Å². The second kappa shape index (κ2) is 9.99. The van der Waals surface area contributed by atoms with Gasteiger partial charge in [0.1, 0.15) is 5.82 Å². The molecule has 2 fully saturated rings. The van der Waals surface area contributed by atoms with E-state index in [1.54, 1.807) is 4.90 Å². The van der Waals surface area contributed by atoms with E-state index in [0.717, 1.165) is 49.4 Å². The summed E-state index contributed by atoms with van der Waals surface area (Å²) in [4.78, 5) is 32.8. The summed E-state index contributed by atoms with van der Waals surface area (Å²) in [5, 5.41) is 6.05. The fraction of sp³-hybridized carbons (Fsp3) is 0.500. The second-order valence-electron chi connectivity index (χ2n) is 9.77. The van der Waals surface area contributed by atoms with Crippen LogP contribution >= 0.6 is 0 Å². The van der Waals surface area contributed by atoms with Gasteiger partial charge in [0, 0.05) is 31.9 Å². The van der Waals surface area contributed by atoms with Crippen LogP contribution in [0.5, 0.6) is 0 Å². The van der Waals surface area contributed by atoms with Gasteiger partial charge in [0.05, 0.1) is 18.4 Å². The highest BCUT2D eigenvalue weighted by Crippen LogP contribution is 2.30. The number of rotatable bonds is 4. The molecule has 4 amide bonds. The van der Waals surface area contributed by atoms with Crippen LogP contribution < -0.4 is 10.6 Å². The summed E-state index contributed by atoms with van der Waals surface area (Å²) in [6, 6.07) is 9.27. The number of nitrogens with one attached hydrogen (secondary N) is 2. The van der Waals surface area contributed by atoms with E-state index in [1.165, 1.54) is 43.5 Å². The van der Waals surface area contributed by atoms with E-state index >= 15 is 0 Å². The van der Waals surface area contributed by atoms with Crippen LogP contribution in [0.4, 0.5) is 19.7 Å². The molecule has 0 atom stereocenters. The van der Waals surface area contributed by atoms with Crippen LogP contribution in [0.2, 0.25) is 0 Å². The fourth-order valence-electron chi connectivity index (χ4n) is 5.39. The number of piperidine rings is 1. The van der Waals surface area contributed by atoms with Crippen LogP contribution in [-0.2, 0) is 13.1 Å². The average molecular weight is 466 g/mol. The summed E-state index contributed by atoms with van der Waals surface area (Å²) >= 11 is 0. The molecule has 8 heteroatoms. The Kier molecular flexibility index (Phi) is 6.65. The van der Waals surface area contributed by atoms with Crippen LogP contribution in [0.25, 0.3) is 0 Å². The number of amides is 4. The van der Waals surface area contributed by atoms with Gasteiger partial charge in [-0.3, -0.25) is 4.98 Å². The third kappa shape index (κ3) is 5.16. The monoisotopic (exact) mass is 465 g/mol. The van der Waals surface area contributed by atoms with Crippen LogP contribution in [0.1, 0.15) is 61.3 Å². The molecule has 1 aliphatic carbocycles. The maximum Gasteiger partial charge on any atom is 0.322 e. The predicted molar refractivity (Wildman–Crippen MR) is 128 cm³/mol. The lowest BCUT2D eigenvalue weighted by molar-refractivity contribution is 0.179. The topological polar surface area (TPSA) is 77.6 Å². The Morgan fingerprint density at radius 2 is 1.71 bits per heavy atom. The number of carbonyl (C=O) groups is 2. The van der Waals surface area contributed by atoms with Crippen molar-refractivity contribution in [2.45, 2.75) is 57.5 Å². The maximum absolute atomic E-state index is 13.4. The van der Waals surface area contributed by atoms with Gasteiger partial charge in [-0.1, -0.05) is 25.0 Å². The molecule has 0 radical (unpaired) electrons. The lowest BCUT2D eigenvalue weighted by Gasteiger charge is -2.32. The second-order valence-corrected chi connectivity index (χ2v) is 9.77. The molecule has 1 aromatic carbocycles. The molecule has 0 spiro atoms. The van der Waals surface area contributed by atoms with Crippen LogP contribution in [0, 0.1) is 11.7 Å². The van der Waals surface area contributed by atoms with E-state index in [9.17, 15) is 14.0 Å². The Morgan fingerprint density at radius 3 is 2.44 bits per heavy atom. The summed E-state index contributed by atoms with van der Waals surface area (Å²) in [6.45, 7) is 3.08. The molecule has 2 N–H and O–H groups in total. The molecular formula is C26H32FN5O2. The first kappa shape index (κ1) is 22.6. The lowest BCUT2D eigenvalue weighted by Crippen LogP contribution is -2.45. The molecule has 7 nitrogen and oxygen atoms in total. The normalized spacial score (nSPS) is 18.7. The molecule has 2 aliphatic heterocycles. The van der Waals surface area contributed by atoms with E-state index in [-0.39, 0.29) is 17.9 Å². The number of benzene rings is 1. The van der Waals surface area contributed by atoms with Crippen LogP contribution in [-0.4, -0.2) is 46.5 Å². The number of halogens is 1. The average Bonchev–Trinajstić information content (AvgIpc) is 3.53. The minimum absolute atomic E-state index is 0.0745. The van der Waals surface area contributed by atoms with E-state index in [4.69, 9.17) is 0 Å². The Hall–Kier alpha value is -3.16. The van der Waals surface area contributed by atoms with Crippen molar-refractivity contribution in [3.05, 3.63) is 59.2 Å². The van der Waals surface area contributed by atoms with Gasteiger partial charge in [0.15, 0.2) is 0 Å². The maximum atomic E-state index is 13.4. The number of likely N-dealkylation sites (tertiary alicyclic amines) is 1. The first-order chi connectivity index (χ1) is 16.5. The molecule has 3 heterocycles. The molecule has 5 rings (SSSR count). The molecule has 2 aromatic rings. The molecule has 1 saturated carbocycles. The summed E-state index contributed by atoms with van der Waals surface area (Å²) in [6.07, 6.45) is 8.13. The number of nitrogens with zero attached hydrogens (tertiary/aromatic N) is 3. The van der Waals surface area contributed by atoms with E-state index in [0.29, 0.717) is 24.9 Å². The first-order valence-corrected chi connectivity index (χ1v) is 12.4. The van der Waals surface area contributed by atoms with Gasteiger partial charge >= 0.3 is 12.1 Å². The number of anilines is 1. The summed E-state index contributed by atoms with van der Waals surface area (Å²) < 4.78 is 13.4. The minimum atomic E-state index is -0.382. The zero-order chi connectivity index (χ0) is 23.5. The van der Waals surface area contributed by atoms with E-state index in [1.807, 2.05) is 17.0 Å². The molecule has 0 unspecified atom stereocenters. The van der Waals surface area contributed by atoms with Crippen LogP contribution in [0.3, 0.4) is 0 Å². The molecule has 3 aliphatic rings. The van der Waals surface area contributed by atoms with Crippen molar-refractivity contribution in [3.63, 3.8) is 0 Å². The smallest absolute Gasteiger partial charge is 0.322 e. The predicted octanol–water partition coefficient (Wildman–Crippen LogP) is 4.85. The highest BCUT2D eigenvalue weighted by Gasteiger charge is 2.26. The number of hydrogen-bond acceptors (Lipinski definition) is 3. The summed E-state index contributed by atoms with van der Waals surface area (Å²) in [5.74, 6) is 0.686. The van der Waals surface area contributed by atoms with Gasteiger partial charge in [0.2, 0.25) is 0 Å². The third-order valence-corrected chi connectivity index (χ3v) is 7.45. The summed E-state index contributed by atoms with van der Waals surface area (Å²) in [7, 11) is 0. The Morgan fingerprint density at radius 1 is 0.971 bits per heavy atom. The number of carbonyl (C=O) groups excluding carboxylic acids is 2. The van der Waals surface area contributed by atoms with Crippen molar-refractivity contribution >= 4 is 17.7 Å². The standard InChI is InChI=1S/C26H32FN5O2/c27-22-13-21-16-32(17-24(21)28-15-22)26(34)30-23-7-5-19(6-8-23)20-9-11-31(12-10-20)25(33)29-14-18-3-1-2-4-18/h5-8,13,15,18,20H,1-4,9-12,14,16-17H2,(H,29,33)(H,30,34). The van der Waals surface area contributed by atoms with Crippen molar-refractivity contribution in [2.75, 3.05) is 25.0 Å². The van der Waals surface area contributed by atoms with Gasteiger partial charge < -0.3 is 20.4 Å². The molecular weight excluding hydrogens is 433 g/mol. The fourth-order valence-corrected chi connectivity index (χ4v) is 5.39. The Balaban J connectivity index is 1.08.